The monoisotopic (exact) mass is 268 g/mol. The van der Waals surface area contributed by atoms with Gasteiger partial charge in [-0.15, -0.1) is 0 Å². The van der Waals surface area contributed by atoms with E-state index >= 15 is 0 Å². The van der Waals surface area contributed by atoms with E-state index in [1.54, 1.807) is 18.2 Å². The number of hydrogen-bond acceptors (Lipinski definition) is 3. The topological polar surface area (TPSA) is 34.1 Å². The zero-order valence-corrected chi connectivity index (χ0v) is 10.3. The van der Waals surface area contributed by atoms with Crippen molar-refractivity contribution in [1.82, 2.24) is 0 Å². The lowest BCUT2D eigenvalue weighted by Crippen LogP contribution is -1.94. The molecule has 88 valence electrons. The van der Waals surface area contributed by atoms with Gasteiger partial charge in [0.2, 0.25) is 8.87 Å². The van der Waals surface area contributed by atoms with Gasteiger partial charge in [-0.1, -0.05) is 18.2 Å². The maximum Gasteiger partial charge on any atom is 0.234 e. The van der Waals surface area contributed by atoms with Crippen LogP contribution in [-0.4, -0.2) is 8.42 Å². The lowest BCUT2D eigenvalue weighted by molar-refractivity contribution is 0.610. The lowest BCUT2D eigenvalue weighted by Gasteiger charge is -2.03. The molecular formula is C12H9FO2S2. The Morgan fingerprint density at radius 1 is 0.882 bits per heavy atom. The summed E-state index contributed by atoms with van der Waals surface area (Å²) in [6, 6.07) is 13.5. The molecule has 0 aliphatic rings. The molecule has 2 aromatic carbocycles. The fourth-order valence-corrected chi connectivity index (χ4v) is 4.05. The average molecular weight is 268 g/mol. The Balaban J connectivity index is 2.27. The van der Waals surface area contributed by atoms with Crippen LogP contribution in [0.25, 0.3) is 0 Å². The molecule has 0 bridgehead atoms. The van der Waals surface area contributed by atoms with Crippen molar-refractivity contribution in [3.05, 3.63) is 60.4 Å². The van der Waals surface area contributed by atoms with Crippen molar-refractivity contribution >= 4 is 19.7 Å². The normalized spacial score (nSPS) is 11.4. The summed E-state index contributed by atoms with van der Waals surface area (Å²) in [5, 5.41) is 0. The first-order chi connectivity index (χ1) is 8.08. The fourth-order valence-electron chi connectivity index (χ4n) is 1.25. The van der Waals surface area contributed by atoms with Gasteiger partial charge in [-0.05, 0) is 36.4 Å². The molecule has 0 fully saturated rings. The fraction of sp³-hybridized carbons (Fsp3) is 0. The van der Waals surface area contributed by atoms with Gasteiger partial charge in [-0.3, -0.25) is 0 Å². The van der Waals surface area contributed by atoms with Crippen LogP contribution in [0, 0.1) is 5.82 Å². The van der Waals surface area contributed by atoms with E-state index in [4.69, 9.17) is 0 Å². The number of halogens is 1. The molecule has 0 atom stereocenters. The van der Waals surface area contributed by atoms with E-state index in [1.165, 1.54) is 36.4 Å². The van der Waals surface area contributed by atoms with Crippen LogP contribution in [0.5, 0.6) is 0 Å². The van der Waals surface area contributed by atoms with Gasteiger partial charge in [-0.2, -0.15) is 0 Å². The molecule has 17 heavy (non-hydrogen) atoms. The van der Waals surface area contributed by atoms with Crippen LogP contribution in [0.2, 0.25) is 0 Å². The van der Waals surface area contributed by atoms with Gasteiger partial charge in [0.25, 0.3) is 0 Å². The van der Waals surface area contributed by atoms with Crippen molar-refractivity contribution in [1.29, 1.82) is 0 Å². The molecule has 0 unspecified atom stereocenters. The quantitative estimate of drug-likeness (QED) is 0.801. The van der Waals surface area contributed by atoms with Gasteiger partial charge in [-0.25, -0.2) is 12.8 Å². The molecule has 0 N–H and O–H groups in total. The van der Waals surface area contributed by atoms with Gasteiger partial charge < -0.3 is 0 Å². The molecule has 2 aromatic rings. The van der Waals surface area contributed by atoms with Crippen LogP contribution in [0.4, 0.5) is 4.39 Å². The summed E-state index contributed by atoms with van der Waals surface area (Å²) >= 11 is 0. The number of benzene rings is 2. The van der Waals surface area contributed by atoms with E-state index < -0.39 is 8.87 Å². The SMILES string of the molecule is O=S(=O)(Sc1ccc(F)cc1)c1ccccc1. The van der Waals surface area contributed by atoms with Crippen LogP contribution in [-0.2, 0) is 8.87 Å². The molecule has 2 rings (SSSR count). The average Bonchev–Trinajstić information content (AvgIpc) is 2.33. The molecule has 0 saturated heterocycles. The highest BCUT2D eigenvalue weighted by Crippen LogP contribution is 2.30. The summed E-state index contributed by atoms with van der Waals surface area (Å²) < 4.78 is 36.6. The van der Waals surface area contributed by atoms with E-state index in [2.05, 4.69) is 0 Å². The highest BCUT2D eigenvalue weighted by molar-refractivity contribution is 8.72. The van der Waals surface area contributed by atoms with Crippen LogP contribution in [0.1, 0.15) is 0 Å². The first kappa shape index (κ1) is 12.1. The molecule has 5 heteroatoms. The van der Waals surface area contributed by atoms with Crippen molar-refractivity contribution < 1.29 is 12.8 Å². The van der Waals surface area contributed by atoms with Crippen LogP contribution >= 0.6 is 10.8 Å². The van der Waals surface area contributed by atoms with E-state index in [0.29, 0.717) is 15.7 Å². The second-order valence-electron chi connectivity index (χ2n) is 3.30. The standard InChI is InChI=1S/C12H9FO2S2/c13-10-6-8-11(9-7-10)16-17(14,15)12-4-2-1-3-5-12/h1-9H. The lowest BCUT2D eigenvalue weighted by atomic mass is 10.4. The van der Waals surface area contributed by atoms with Gasteiger partial charge in [0, 0.05) is 15.7 Å². The van der Waals surface area contributed by atoms with Crippen molar-refractivity contribution in [2.45, 2.75) is 9.79 Å². The minimum absolute atomic E-state index is 0.245. The van der Waals surface area contributed by atoms with Crippen molar-refractivity contribution in [3.8, 4) is 0 Å². The molecule has 0 saturated carbocycles. The molecule has 0 spiro atoms. The first-order valence-corrected chi connectivity index (χ1v) is 7.65. The zero-order chi connectivity index (χ0) is 12.3. The van der Waals surface area contributed by atoms with Crippen molar-refractivity contribution in [2.24, 2.45) is 0 Å². The maximum atomic E-state index is 12.7. The summed E-state index contributed by atoms with van der Waals surface area (Å²) in [5.74, 6) is -0.383. The predicted octanol–water partition coefficient (Wildman–Crippen LogP) is 3.31. The zero-order valence-electron chi connectivity index (χ0n) is 8.71. The summed E-state index contributed by atoms with van der Waals surface area (Å²) in [5.41, 5.74) is 0. The second-order valence-corrected chi connectivity index (χ2v) is 7.14. The number of hydrogen-bond donors (Lipinski definition) is 0. The minimum atomic E-state index is -3.43. The molecule has 0 amide bonds. The molecule has 0 aliphatic carbocycles. The second kappa shape index (κ2) is 4.89. The Morgan fingerprint density at radius 3 is 2.06 bits per heavy atom. The summed E-state index contributed by atoms with van der Waals surface area (Å²) in [6.07, 6.45) is 0. The first-order valence-electron chi connectivity index (χ1n) is 4.83. The van der Waals surface area contributed by atoms with E-state index in [9.17, 15) is 12.8 Å². The smallest absolute Gasteiger partial charge is 0.212 e. The van der Waals surface area contributed by atoms with Gasteiger partial charge >= 0.3 is 0 Å². The largest absolute Gasteiger partial charge is 0.234 e. The predicted molar refractivity (Wildman–Crippen MR) is 65.9 cm³/mol. The van der Waals surface area contributed by atoms with Crippen LogP contribution < -0.4 is 0 Å². The van der Waals surface area contributed by atoms with Crippen LogP contribution in [0.15, 0.2) is 64.4 Å². The summed E-state index contributed by atoms with van der Waals surface area (Å²) in [4.78, 5) is 0.740. The highest BCUT2D eigenvalue weighted by Gasteiger charge is 2.15. The molecule has 0 heterocycles. The Kier molecular flexibility index (Phi) is 3.49. The third-order valence-electron chi connectivity index (χ3n) is 2.05. The summed E-state index contributed by atoms with van der Waals surface area (Å²) in [7, 11) is -2.72. The van der Waals surface area contributed by atoms with Crippen LogP contribution in [0.3, 0.4) is 0 Å². The molecule has 2 nitrogen and oxygen atoms in total. The van der Waals surface area contributed by atoms with E-state index in [-0.39, 0.29) is 10.7 Å². The Bertz CT molecular complexity index is 592. The third kappa shape index (κ3) is 3.08. The van der Waals surface area contributed by atoms with E-state index in [1.807, 2.05) is 0 Å². The highest BCUT2D eigenvalue weighted by atomic mass is 33.1. The van der Waals surface area contributed by atoms with Crippen molar-refractivity contribution in [3.63, 3.8) is 0 Å². The van der Waals surface area contributed by atoms with Gasteiger partial charge in [0.15, 0.2) is 0 Å². The van der Waals surface area contributed by atoms with Gasteiger partial charge in [0.1, 0.15) is 5.82 Å². The Labute approximate surface area is 103 Å². The Hall–Kier alpha value is -1.33. The Morgan fingerprint density at radius 2 is 1.47 bits per heavy atom. The summed E-state index contributed by atoms with van der Waals surface area (Å²) in [6.45, 7) is 0. The molecule has 0 aliphatic heterocycles. The third-order valence-corrected chi connectivity index (χ3v) is 5.40. The molecule has 0 aromatic heterocycles. The minimum Gasteiger partial charge on any atom is -0.212 e. The molecule has 0 radical (unpaired) electrons. The van der Waals surface area contributed by atoms with E-state index in [0.717, 1.165) is 0 Å². The number of rotatable bonds is 3. The van der Waals surface area contributed by atoms with Crippen molar-refractivity contribution in [2.75, 3.05) is 0 Å². The maximum absolute atomic E-state index is 12.7. The van der Waals surface area contributed by atoms with Gasteiger partial charge in [0.05, 0.1) is 4.90 Å². The molecular weight excluding hydrogens is 259 g/mol.